The summed E-state index contributed by atoms with van der Waals surface area (Å²) in [6, 6.07) is 4.19. The molecule has 0 aromatic heterocycles. The molecule has 0 saturated carbocycles. The van der Waals surface area contributed by atoms with Crippen LogP contribution in [0.15, 0.2) is 22.7 Å². The van der Waals surface area contributed by atoms with Gasteiger partial charge in [-0.25, -0.2) is 0 Å². The minimum absolute atomic E-state index is 0.130. The number of amides is 2. The van der Waals surface area contributed by atoms with Gasteiger partial charge in [-0.3, -0.25) is 9.59 Å². The van der Waals surface area contributed by atoms with Gasteiger partial charge in [0.2, 0.25) is 5.91 Å². The Hall–Kier alpha value is -1.60. The first-order valence-corrected chi connectivity index (χ1v) is 6.52. The second-order valence-corrected chi connectivity index (χ2v) is 5.18. The fourth-order valence-corrected chi connectivity index (χ4v) is 2.50. The highest BCUT2D eigenvalue weighted by atomic mass is 79.9. The van der Waals surface area contributed by atoms with Crippen molar-refractivity contribution >= 4 is 33.4 Å². The first-order chi connectivity index (χ1) is 8.99. The number of benzene rings is 1. The number of primary amides is 1. The number of anilines is 1. The maximum absolute atomic E-state index is 12.4. The van der Waals surface area contributed by atoms with Gasteiger partial charge in [0.15, 0.2) is 0 Å². The van der Waals surface area contributed by atoms with E-state index < -0.39 is 11.9 Å². The average Bonchev–Trinajstić information content (AvgIpc) is 2.36. The molecule has 0 bridgehead atoms. The third kappa shape index (κ3) is 3.05. The van der Waals surface area contributed by atoms with Crippen molar-refractivity contribution in [1.29, 1.82) is 0 Å². The van der Waals surface area contributed by atoms with Gasteiger partial charge in [0.05, 0.1) is 13.2 Å². The van der Waals surface area contributed by atoms with Gasteiger partial charge in [-0.2, -0.15) is 0 Å². The van der Waals surface area contributed by atoms with Gasteiger partial charge in [0.25, 0.3) is 5.91 Å². The summed E-state index contributed by atoms with van der Waals surface area (Å²) in [7, 11) is 0. The van der Waals surface area contributed by atoms with Crippen LogP contribution in [0, 0.1) is 0 Å². The lowest BCUT2D eigenvalue weighted by molar-refractivity contribution is -0.127. The Balaban J connectivity index is 2.28. The third-order valence-corrected chi connectivity index (χ3v) is 3.34. The number of nitrogens with two attached hydrogens (primary N) is 2. The van der Waals surface area contributed by atoms with Crippen LogP contribution in [0.3, 0.4) is 0 Å². The number of carbonyl (C=O) groups excluding carboxylic acids is 2. The molecule has 1 heterocycles. The monoisotopic (exact) mass is 327 g/mol. The average molecular weight is 328 g/mol. The second kappa shape index (κ2) is 5.58. The predicted octanol–water partition coefficient (Wildman–Crippen LogP) is 0.358. The number of carbonyl (C=O) groups is 2. The Morgan fingerprint density at radius 2 is 2.11 bits per heavy atom. The van der Waals surface area contributed by atoms with E-state index in [9.17, 15) is 9.59 Å². The van der Waals surface area contributed by atoms with Gasteiger partial charge in [0, 0.05) is 22.3 Å². The van der Waals surface area contributed by atoms with Gasteiger partial charge in [-0.1, -0.05) is 15.9 Å². The number of hydrogen-bond acceptors (Lipinski definition) is 4. The van der Waals surface area contributed by atoms with Crippen LogP contribution in [0.4, 0.5) is 5.69 Å². The van der Waals surface area contributed by atoms with E-state index in [0.717, 1.165) is 0 Å². The Labute approximate surface area is 118 Å². The number of halogens is 1. The highest BCUT2D eigenvalue weighted by Gasteiger charge is 2.32. The van der Waals surface area contributed by atoms with Gasteiger partial charge in [0.1, 0.15) is 6.04 Å². The van der Waals surface area contributed by atoms with Gasteiger partial charge < -0.3 is 21.1 Å². The third-order valence-electron chi connectivity index (χ3n) is 2.88. The van der Waals surface area contributed by atoms with E-state index in [1.54, 1.807) is 18.2 Å². The Kier molecular flexibility index (Phi) is 4.06. The van der Waals surface area contributed by atoms with Gasteiger partial charge in [-0.05, 0) is 18.2 Å². The summed E-state index contributed by atoms with van der Waals surface area (Å²) in [6.07, 6.45) is 0. The molecule has 0 aliphatic carbocycles. The summed E-state index contributed by atoms with van der Waals surface area (Å²) < 4.78 is 5.89. The molecule has 1 aromatic rings. The maximum Gasteiger partial charge on any atom is 0.254 e. The smallest absolute Gasteiger partial charge is 0.254 e. The number of morpholine rings is 1. The van der Waals surface area contributed by atoms with E-state index in [0.29, 0.717) is 28.9 Å². The normalized spacial score (nSPS) is 19.2. The van der Waals surface area contributed by atoms with Crippen LogP contribution < -0.4 is 11.5 Å². The number of rotatable bonds is 2. The SMILES string of the molecule is NC(=O)C1COCCN1C(=O)c1cc(N)cc(Br)c1. The summed E-state index contributed by atoms with van der Waals surface area (Å²) in [5.41, 5.74) is 11.9. The number of nitrogen functional groups attached to an aromatic ring is 1. The van der Waals surface area contributed by atoms with Gasteiger partial charge in [-0.15, -0.1) is 0 Å². The molecule has 102 valence electrons. The van der Waals surface area contributed by atoms with Crippen LogP contribution in [0.25, 0.3) is 0 Å². The Morgan fingerprint density at radius 1 is 1.37 bits per heavy atom. The van der Waals surface area contributed by atoms with Crippen LogP contribution in [-0.2, 0) is 9.53 Å². The number of nitrogens with zero attached hydrogens (tertiary/aromatic N) is 1. The topological polar surface area (TPSA) is 98.7 Å². The van der Waals surface area contributed by atoms with E-state index in [1.807, 2.05) is 0 Å². The van der Waals surface area contributed by atoms with Crippen LogP contribution in [-0.4, -0.2) is 42.5 Å². The standard InChI is InChI=1S/C12H14BrN3O3/c13-8-3-7(4-9(14)5-8)12(18)16-1-2-19-6-10(16)11(15)17/h3-5,10H,1-2,6,14H2,(H2,15,17). The predicted molar refractivity (Wildman–Crippen MR) is 73.4 cm³/mol. The van der Waals surface area contributed by atoms with Crippen LogP contribution in [0.2, 0.25) is 0 Å². The molecule has 2 amide bonds. The fraction of sp³-hybridized carbons (Fsp3) is 0.333. The molecule has 4 N–H and O–H groups in total. The largest absolute Gasteiger partial charge is 0.399 e. The van der Waals surface area contributed by atoms with E-state index in [1.165, 1.54) is 4.90 Å². The van der Waals surface area contributed by atoms with Gasteiger partial charge >= 0.3 is 0 Å². The molecule has 6 nitrogen and oxygen atoms in total. The molecular weight excluding hydrogens is 314 g/mol. The van der Waals surface area contributed by atoms with Crippen molar-refractivity contribution in [1.82, 2.24) is 4.90 Å². The molecule has 0 radical (unpaired) electrons. The van der Waals surface area contributed by atoms with Crippen molar-refractivity contribution < 1.29 is 14.3 Å². The highest BCUT2D eigenvalue weighted by molar-refractivity contribution is 9.10. The van der Waals surface area contributed by atoms with Crippen LogP contribution in [0.1, 0.15) is 10.4 Å². The zero-order valence-corrected chi connectivity index (χ0v) is 11.7. The van der Waals surface area contributed by atoms with Crippen molar-refractivity contribution in [2.75, 3.05) is 25.5 Å². The first kappa shape index (κ1) is 13.8. The lowest BCUT2D eigenvalue weighted by atomic mass is 10.1. The summed E-state index contributed by atoms with van der Waals surface area (Å²) in [5, 5.41) is 0. The summed E-state index contributed by atoms with van der Waals surface area (Å²) >= 11 is 3.28. The molecule has 1 saturated heterocycles. The molecule has 19 heavy (non-hydrogen) atoms. The molecule has 1 atom stereocenters. The van der Waals surface area contributed by atoms with E-state index in [2.05, 4.69) is 15.9 Å². The quantitative estimate of drug-likeness (QED) is 0.766. The molecule has 1 aliphatic heterocycles. The second-order valence-electron chi connectivity index (χ2n) is 4.26. The van der Waals surface area contributed by atoms with Crippen molar-refractivity contribution in [2.45, 2.75) is 6.04 Å². The zero-order chi connectivity index (χ0) is 14.0. The molecule has 1 aromatic carbocycles. The molecule has 1 fully saturated rings. The minimum atomic E-state index is -0.735. The van der Waals surface area contributed by atoms with Crippen molar-refractivity contribution in [3.8, 4) is 0 Å². The highest BCUT2D eigenvalue weighted by Crippen LogP contribution is 2.20. The van der Waals surface area contributed by atoms with Crippen molar-refractivity contribution in [3.63, 3.8) is 0 Å². The lowest BCUT2D eigenvalue weighted by Crippen LogP contribution is -2.54. The fourth-order valence-electron chi connectivity index (χ4n) is 1.98. The molecule has 2 rings (SSSR count). The summed E-state index contributed by atoms with van der Waals surface area (Å²) in [4.78, 5) is 25.2. The zero-order valence-electron chi connectivity index (χ0n) is 10.1. The molecular formula is C12H14BrN3O3. The minimum Gasteiger partial charge on any atom is -0.399 e. The van der Waals surface area contributed by atoms with E-state index in [4.69, 9.17) is 16.2 Å². The first-order valence-electron chi connectivity index (χ1n) is 5.73. The maximum atomic E-state index is 12.4. The van der Waals surface area contributed by atoms with Crippen LogP contribution in [0.5, 0.6) is 0 Å². The number of hydrogen-bond donors (Lipinski definition) is 2. The summed E-state index contributed by atoms with van der Waals surface area (Å²) in [5.74, 6) is -0.851. The molecule has 1 unspecified atom stereocenters. The van der Waals surface area contributed by atoms with Crippen molar-refractivity contribution in [2.24, 2.45) is 5.73 Å². The lowest BCUT2D eigenvalue weighted by Gasteiger charge is -2.33. The van der Waals surface area contributed by atoms with Crippen molar-refractivity contribution in [3.05, 3.63) is 28.2 Å². The van der Waals surface area contributed by atoms with E-state index in [-0.39, 0.29) is 12.5 Å². The number of ether oxygens (including phenoxy) is 1. The molecule has 7 heteroatoms. The molecule has 1 aliphatic rings. The Bertz CT molecular complexity index is 501. The van der Waals surface area contributed by atoms with Crippen LogP contribution >= 0.6 is 15.9 Å². The summed E-state index contributed by atoms with van der Waals surface area (Å²) in [6.45, 7) is 0.850. The molecule has 0 spiro atoms. The Morgan fingerprint density at radius 3 is 2.74 bits per heavy atom. The van der Waals surface area contributed by atoms with E-state index >= 15 is 0 Å².